The molecule has 2 aliphatic rings. The number of aliphatic hydroxyl groups excluding tert-OH is 1. The number of rotatable bonds is 4. The SMILES string of the molecule is [2H]c1cn([C@@H]2O[C@H](CO)[C@H]3OC(=O)O[C@H]32)c(=O)[nH]/c1=N\OC(=O)OC(C)C. The van der Waals surface area contributed by atoms with Gasteiger partial charge in [0.05, 0.1) is 14.1 Å². The third kappa shape index (κ3) is 3.55. The molecular weight excluding hydrogens is 354 g/mol. The van der Waals surface area contributed by atoms with E-state index in [1.54, 1.807) is 13.8 Å². The van der Waals surface area contributed by atoms with Crippen LogP contribution in [-0.2, 0) is 23.8 Å². The average Bonchev–Trinajstić information content (AvgIpc) is 3.12. The maximum Gasteiger partial charge on any atom is 0.535 e. The molecule has 142 valence electrons. The third-order valence-corrected chi connectivity index (χ3v) is 3.55. The zero-order valence-electron chi connectivity index (χ0n) is 14.8. The summed E-state index contributed by atoms with van der Waals surface area (Å²) in [6.07, 6.45) is -5.26. The van der Waals surface area contributed by atoms with Gasteiger partial charge in [-0.15, -0.1) is 0 Å². The van der Waals surface area contributed by atoms with Crippen molar-refractivity contribution in [2.45, 2.75) is 44.5 Å². The van der Waals surface area contributed by atoms with E-state index in [-0.39, 0.29) is 11.5 Å². The lowest BCUT2D eigenvalue weighted by Crippen LogP contribution is -2.37. The summed E-state index contributed by atoms with van der Waals surface area (Å²) in [4.78, 5) is 41.7. The van der Waals surface area contributed by atoms with Gasteiger partial charge in [-0.1, -0.05) is 5.16 Å². The van der Waals surface area contributed by atoms with E-state index in [0.717, 1.165) is 10.8 Å². The molecule has 0 spiro atoms. The number of H-pyrrole nitrogens is 1. The number of nitrogens with zero attached hydrogens (tertiary/aromatic N) is 2. The maximum atomic E-state index is 12.3. The van der Waals surface area contributed by atoms with Crippen LogP contribution in [-0.4, -0.2) is 58.0 Å². The van der Waals surface area contributed by atoms with Crippen LogP contribution in [0.25, 0.3) is 0 Å². The van der Waals surface area contributed by atoms with E-state index in [9.17, 15) is 19.5 Å². The van der Waals surface area contributed by atoms with Gasteiger partial charge in [0.2, 0.25) is 0 Å². The van der Waals surface area contributed by atoms with Crippen LogP contribution < -0.4 is 11.2 Å². The summed E-state index contributed by atoms with van der Waals surface area (Å²) in [6.45, 7) is 2.76. The predicted octanol–water partition coefficient (Wildman–Crippen LogP) is -0.653. The molecule has 0 radical (unpaired) electrons. The summed E-state index contributed by atoms with van der Waals surface area (Å²) in [7, 11) is 0. The van der Waals surface area contributed by atoms with Crippen LogP contribution in [0.15, 0.2) is 22.2 Å². The number of aliphatic hydroxyl groups is 1. The Balaban J connectivity index is 1.86. The van der Waals surface area contributed by atoms with Gasteiger partial charge in [-0.3, -0.25) is 14.4 Å². The third-order valence-electron chi connectivity index (χ3n) is 3.55. The van der Waals surface area contributed by atoms with Crippen molar-refractivity contribution in [1.29, 1.82) is 0 Å². The fourth-order valence-electron chi connectivity index (χ4n) is 2.52. The number of carbonyl (C=O) groups is 2. The van der Waals surface area contributed by atoms with E-state index < -0.39 is 55.3 Å². The van der Waals surface area contributed by atoms with Gasteiger partial charge in [-0.2, -0.15) is 0 Å². The molecule has 12 heteroatoms. The highest BCUT2D eigenvalue weighted by Crippen LogP contribution is 2.36. The van der Waals surface area contributed by atoms with Gasteiger partial charge >= 0.3 is 18.0 Å². The summed E-state index contributed by atoms with van der Waals surface area (Å²) >= 11 is 0. The molecule has 2 fully saturated rings. The van der Waals surface area contributed by atoms with Crippen molar-refractivity contribution in [3.63, 3.8) is 0 Å². The van der Waals surface area contributed by atoms with E-state index >= 15 is 0 Å². The highest BCUT2D eigenvalue weighted by molar-refractivity contribution is 5.63. The number of aromatic amines is 1. The first-order valence-corrected chi connectivity index (χ1v) is 7.67. The second-order valence-electron chi connectivity index (χ2n) is 5.72. The van der Waals surface area contributed by atoms with Crippen molar-refractivity contribution in [2.24, 2.45) is 5.16 Å². The molecular formula is C14H17N3O9. The summed E-state index contributed by atoms with van der Waals surface area (Å²) in [5.41, 5.74) is -1.11. The van der Waals surface area contributed by atoms with Gasteiger partial charge in [0.1, 0.15) is 6.10 Å². The zero-order chi connectivity index (χ0) is 19.7. The molecule has 0 aliphatic carbocycles. The largest absolute Gasteiger partial charge is 0.535 e. The van der Waals surface area contributed by atoms with Crippen molar-refractivity contribution in [2.75, 3.05) is 6.61 Å². The fourth-order valence-corrected chi connectivity index (χ4v) is 2.52. The molecule has 1 aromatic rings. The summed E-state index contributed by atoms with van der Waals surface area (Å²) < 4.78 is 29.0. The zero-order valence-corrected chi connectivity index (χ0v) is 13.8. The fraction of sp³-hybridized carbons (Fsp3) is 0.571. The molecule has 2 N–H and O–H groups in total. The Hall–Kier alpha value is -2.86. The first kappa shape index (κ1) is 16.6. The Kier molecular flexibility index (Phi) is 4.58. The molecule has 0 amide bonds. The molecule has 0 saturated carbocycles. The Labute approximate surface area is 147 Å². The van der Waals surface area contributed by atoms with E-state index in [2.05, 4.69) is 15.0 Å². The van der Waals surface area contributed by atoms with Crippen molar-refractivity contribution < 1.29 is 39.9 Å². The Bertz CT molecular complexity index is 864. The lowest BCUT2D eigenvalue weighted by atomic mass is 10.1. The lowest BCUT2D eigenvalue weighted by molar-refractivity contribution is -0.0736. The van der Waals surface area contributed by atoms with Crippen LogP contribution in [0.2, 0.25) is 0 Å². The topological polar surface area (TPSA) is 151 Å². The number of hydrogen-bond acceptors (Lipinski definition) is 10. The van der Waals surface area contributed by atoms with E-state index in [1.807, 2.05) is 0 Å². The number of carbonyl (C=O) groups excluding carboxylic acids is 2. The molecule has 4 atom stereocenters. The first-order chi connectivity index (χ1) is 12.8. The van der Waals surface area contributed by atoms with Gasteiger partial charge in [-0.05, 0) is 13.8 Å². The number of hydrogen-bond donors (Lipinski definition) is 2. The molecule has 2 saturated heterocycles. The average molecular weight is 372 g/mol. The highest BCUT2D eigenvalue weighted by atomic mass is 16.8. The van der Waals surface area contributed by atoms with Crippen LogP contribution >= 0.6 is 0 Å². The summed E-state index contributed by atoms with van der Waals surface area (Å²) in [6, 6.07) is -0.315. The van der Waals surface area contributed by atoms with Crippen LogP contribution in [0.5, 0.6) is 0 Å². The van der Waals surface area contributed by atoms with Gasteiger partial charge in [-0.25, -0.2) is 14.4 Å². The molecule has 0 aromatic carbocycles. The maximum absolute atomic E-state index is 12.3. The summed E-state index contributed by atoms with van der Waals surface area (Å²) in [5.74, 6) is 0. The second-order valence-corrected chi connectivity index (χ2v) is 5.72. The van der Waals surface area contributed by atoms with Gasteiger partial charge < -0.3 is 24.1 Å². The molecule has 2 aliphatic heterocycles. The van der Waals surface area contributed by atoms with Gasteiger partial charge in [0, 0.05) is 12.2 Å². The van der Waals surface area contributed by atoms with E-state index in [1.165, 1.54) is 0 Å². The lowest BCUT2D eigenvalue weighted by Gasteiger charge is -2.17. The molecule has 3 heterocycles. The number of fused-ring (bicyclic) bond motifs is 1. The van der Waals surface area contributed by atoms with Crippen molar-refractivity contribution >= 4 is 12.3 Å². The van der Waals surface area contributed by atoms with Crippen molar-refractivity contribution in [3.05, 3.63) is 28.2 Å². The van der Waals surface area contributed by atoms with Gasteiger partial charge in [0.25, 0.3) is 0 Å². The monoisotopic (exact) mass is 372 g/mol. The first-order valence-electron chi connectivity index (χ1n) is 8.17. The van der Waals surface area contributed by atoms with Crippen molar-refractivity contribution in [3.8, 4) is 0 Å². The van der Waals surface area contributed by atoms with Crippen LogP contribution in [0.4, 0.5) is 9.59 Å². The van der Waals surface area contributed by atoms with Crippen LogP contribution in [0.1, 0.15) is 21.4 Å². The minimum atomic E-state index is -1.12. The number of aromatic nitrogens is 2. The Morgan fingerprint density at radius 2 is 2.19 bits per heavy atom. The molecule has 12 nitrogen and oxygen atoms in total. The van der Waals surface area contributed by atoms with Crippen LogP contribution in [0, 0.1) is 0 Å². The molecule has 1 aromatic heterocycles. The standard InChI is InChI=1S/C14H17N3O9/c1-6(2)22-14(21)26-16-8-3-4-17(12(19)15-8)11-10-9(7(5-18)23-11)24-13(20)25-10/h3-4,6-7,9-11,18H,5H2,1-2H3,(H,15,16,19)/t7-,9-,10-,11-/m1/s1/i3D. The molecule has 3 rings (SSSR count). The normalized spacial score (nSPS) is 28.4. The number of nitrogens with one attached hydrogen (secondary N) is 1. The molecule has 0 unspecified atom stereocenters. The van der Waals surface area contributed by atoms with Crippen molar-refractivity contribution in [1.82, 2.24) is 9.55 Å². The molecule has 26 heavy (non-hydrogen) atoms. The minimum Gasteiger partial charge on any atom is -0.430 e. The second kappa shape index (κ2) is 7.17. The predicted molar refractivity (Wildman–Crippen MR) is 79.5 cm³/mol. The highest BCUT2D eigenvalue weighted by Gasteiger charge is 2.54. The quantitative estimate of drug-likeness (QED) is 0.399. The Morgan fingerprint density at radius 1 is 1.46 bits per heavy atom. The summed E-state index contributed by atoms with van der Waals surface area (Å²) in [5, 5.41) is 12.7. The Morgan fingerprint density at radius 3 is 2.88 bits per heavy atom. The molecule has 0 bridgehead atoms. The van der Waals surface area contributed by atoms with Gasteiger partial charge in [0.15, 0.2) is 23.9 Å². The van der Waals surface area contributed by atoms with E-state index in [0.29, 0.717) is 0 Å². The van der Waals surface area contributed by atoms with Crippen LogP contribution in [0.3, 0.4) is 0 Å². The minimum absolute atomic E-state index is 0.315. The smallest absolute Gasteiger partial charge is 0.430 e. The number of ether oxygens (including phenoxy) is 4. The van der Waals surface area contributed by atoms with E-state index in [4.69, 9.17) is 20.3 Å².